The Kier molecular flexibility index (Phi) is 2.51. The fourth-order valence-electron chi connectivity index (χ4n) is 1.32. The normalized spacial score (nSPS) is 14.6. The first-order valence-electron chi connectivity index (χ1n) is 4.50. The van der Waals surface area contributed by atoms with Gasteiger partial charge in [-0.1, -0.05) is 42.4 Å². The van der Waals surface area contributed by atoms with Crippen molar-refractivity contribution >= 4 is 6.92 Å². The number of para-hydroxylation sites is 1. The van der Waals surface area contributed by atoms with Crippen molar-refractivity contribution < 1.29 is 4.65 Å². The molecule has 2 heteroatoms. The van der Waals surface area contributed by atoms with Crippen LogP contribution in [0.25, 0.3) is 0 Å². The fraction of sp³-hybridized carbons (Fsp3) is 0.0909. The van der Waals surface area contributed by atoms with Crippen molar-refractivity contribution in [2.24, 2.45) is 0 Å². The molecule has 2 rings (SSSR count). The van der Waals surface area contributed by atoms with Crippen LogP contribution < -0.4 is 4.65 Å². The van der Waals surface area contributed by atoms with Gasteiger partial charge in [0.05, 0.1) is 5.75 Å². The van der Waals surface area contributed by atoms with Gasteiger partial charge in [0, 0.05) is 0 Å². The standard InChI is InChI=1S/C11H11BO/c1-3-7-11(8-4-1)13-12-9-5-2-6-10-12/h1-9H,10H2. The summed E-state index contributed by atoms with van der Waals surface area (Å²) < 4.78 is 5.72. The monoisotopic (exact) mass is 170 g/mol. The van der Waals surface area contributed by atoms with Gasteiger partial charge in [0.1, 0.15) is 0 Å². The summed E-state index contributed by atoms with van der Waals surface area (Å²) in [5.74, 6) is 3.01. The van der Waals surface area contributed by atoms with Gasteiger partial charge in [-0.15, -0.1) is 0 Å². The Balaban J connectivity index is 1.99. The molecule has 1 aliphatic heterocycles. The molecule has 0 unspecified atom stereocenters. The van der Waals surface area contributed by atoms with E-state index in [0.717, 1.165) is 12.1 Å². The largest absolute Gasteiger partial charge is 0.556 e. The third-order valence-corrected chi connectivity index (χ3v) is 1.97. The highest BCUT2D eigenvalue weighted by atomic mass is 16.4. The lowest BCUT2D eigenvalue weighted by molar-refractivity contribution is 0.580. The smallest absolute Gasteiger partial charge is 0.388 e. The minimum absolute atomic E-state index is 0.201. The van der Waals surface area contributed by atoms with Crippen LogP contribution in [0.3, 0.4) is 0 Å². The van der Waals surface area contributed by atoms with Crippen LogP contribution in [-0.2, 0) is 0 Å². The van der Waals surface area contributed by atoms with Crippen LogP contribution in [0.2, 0.25) is 6.32 Å². The number of rotatable bonds is 2. The minimum Gasteiger partial charge on any atom is -0.556 e. The van der Waals surface area contributed by atoms with E-state index >= 15 is 0 Å². The van der Waals surface area contributed by atoms with Crippen LogP contribution in [-0.4, -0.2) is 6.92 Å². The van der Waals surface area contributed by atoms with Crippen LogP contribution in [0.4, 0.5) is 0 Å². The Hall–Kier alpha value is -1.44. The molecule has 0 aliphatic carbocycles. The molecule has 0 saturated heterocycles. The molecule has 0 fully saturated rings. The number of hydrogen-bond donors (Lipinski definition) is 0. The van der Waals surface area contributed by atoms with E-state index in [9.17, 15) is 0 Å². The van der Waals surface area contributed by atoms with E-state index in [1.807, 2.05) is 42.5 Å². The lowest BCUT2D eigenvalue weighted by Gasteiger charge is -2.12. The molecular formula is C11H11BO. The van der Waals surface area contributed by atoms with Crippen molar-refractivity contribution in [1.29, 1.82) is 0 Å². The highest BCUT2D eigenvalue weighted by Crippen LogP contribution is 2.13. The summed E-state index contributed by atoms with van der Waals surface area (Å²) in [5.41, 5.74) is 0. The summed E-state index contributed by atoms with van der Waals surface area (Å²) in [6.45, 7) is 0.201. The van der Waals surface area contributed by atoms with Crippen LogP contribution in [0.15, 0.2) is 54.5 Å². The van der Waals surface area contributed by atoms with Crippen molar-refractivity contribution in [3.8, 4) is 5.75 Å². The van der Waals surface area contributed by atoms with Gasteiger partial charge < -0.3 is 4.65 Å². The number of benzene rings is 1. The summed E-state index contributed by atoms with van der Waals surface area (Å²) in [4.78, 5) is 0. The molecule has 0 aromatic heterocycles. The molecule has 1 heterocycles. The molecule has 1 aromatic carbocycles. The average molecular weight is 170 g/mol. The lowest BCUT2D eigenvalue weighted by Crippen LogP contribution is -2.19. The molecule has 1 aliphatic rings. The molecule has 1 nitrogen and oxygen atoms in total. The second kappa shape index (κ2) is 3.99. The highest BCUT2D eigenvalue weighted by molar-refractivity contribution is 6.59. The Morgan fingerprint density at radius 1 is 1.08 bits per heavy atom. The SMILES string of the molecule is C1=CCB(Oc2ccccc2)C=C1. The van der Waals surface area contributed by atoms with Crippen molar-refractivity contribution in [2.75, 3.05) is 0 Å². The summed E-state index contributed by atoms with van der Waals surface area (Å²) >= 11 is 0. The minimum atomic E-state index is 0.201. The van der Waals surface area contributed by atoms with Crippen LogP contribution in [0.5, 0.6) is 5.75 Å². The first kappa shape index (κ1) is 8.18. The fourth-order valence-corrected chi connectivity index (χ4v) is 1.32. The lowest BCUT2D eigenvalue weighted by atomic mass is 9.62. The summed E-state index contributed by atoms with van der Waals surface area (Å²) in [7, 11) is 0. The van der Waals surface area contributed by atoms with E-state index in [1.54, 1.807) is 0 Å². The van der Waals surface area contributed by atoms with Crippen molar-refractivity contribution in [3.05, 3.63) is 54.5 Å². The Morgan fingerprint density at radius 3 is 2.62 bits per heavy atom. The first-order chi connectivity index (χ1) is 6.45. The van der Waals surface area contributed by atoms with Gasteiger partial charge in [-0.2, -0.15) is 0 Å². The van der Waals surface area contributed by atoms with Crippen LogP contribution in [0.1, 0.15) is 0 Å². The zero-order valence-electron chi connectivity index (χ0n) is 7.39. The first-order valence-corrected chi connectivity index (χ1v) is 4.50. The maximum Gasteiger partial charge on any atom is 0.388 e. The predicted molar refractivity (Wildman–Crippen MR) is 55.9 cm³/mol. The molecule has 0 radical (unpaired) electrons. The molecule has 64 valence electrons. The zero-order chi connectivity index (χ0) is 8.93. The van der Waals surface area contributed by atoms with Crippen LogP contribution >= 0.6 is 0 Å². The number of allylic oxidation sites excluding steroid dienone is 3. The second-order valence-electron chi connectivity index (χ2n) is 3.02. The van der Waals surface area contributed by atoms with E-state index in [-0.39, 0.29) is 6.92 Å². The van der Waals surface area contributed by atoms with E-state index in [2.05, 4.69) is 12.1 Å². The third kappa shape index (κ3) is 2.25. The highest BCUT2D eigenvalue weighted by Gasteiger charge is 2.12. The quantitative estimate of drug-likeness (QED) is 0.620. The molecule has 13 heavy (non-hydrogen) atoms. The molecule has 1 aromatic rings. The zero-order valence-corrected chi connectivity index (χ0v) is 7.39. The Morgan fingerprint density at radius 2 is 1.92 bits per heavy atom. The van der Waals surface area contributed by atoms with Crippen LogP contribution in [0, 0.1) is 0 Å². The van der Waals surface area contributed by atoms with E-state index in [1.165, 1.54) is 0 Å². The molecule has 0 atom stereocenters. The molecule has 0 N–H and O–H groups in total. The Labute approximate surface area is 78.8 Å². The van der Waals surface area contributed by atoms with Gasteiger partial charge >= 0.3 is 6.92 Å². The third-order valence-electron chi connectivity index (χ3n) is 1.97. The second-order valence-corrected chi connectivity index (χ2v) is 3.02. The van der Waals surface area contributed by atoms with Gasteiger partial charge in [0.2, 0.25) is 0 Å². The van der Waals surface area contributed by atoms with Crippen molar-refractivity contribution in [1.82, 2.24) is 0 Å². The summed E-state index contributed by atoms with van der Waals surface area (Å²) in [5, 5.41) is 0. The summed E-state index contributed by atoms with van der Waals surface area (Å²) in [6.07, 6.45) is 7.15. The number of hydrogen-bond acceptors (Lipinski definition) is 1. The Bertz CT molecular complexity index is 316. The maximum absolute atomic E-state index is 5.72. The molecule has 0 saturated carbocycles. The molecule has 0 amide bonds. The van der Waals surface area contributed by atoms with E-state index < -0.39 is 0 Å². The predicted octanol–water partition coefficient (Wildman–Crippen LogP) is 2.72. The van der Waals surface area contributed by atoms with Gasteiger partial charge in [-0.25, -0.2) is 0 Å². The van der Waals surface area contributed by atoms with Gasteiger partial charge in [-0.3, -0.25) is 0 Å². The molecule has 0 bridgehead atoms. The van der Waals surface area contributed by atoms with Crippen molar-refractivity contribution in [3.63, 3.8) is 0 Å². The maximum atomic E-state index is 5.72. The van der Waals surface area contributed by atoms with Gasteiger partial charge in [0.25, 0.3) is 0 Å². The summed E-state index contributed by atoms with van der Waals surface area (Å²) in [6, 6.07) is 9.91. The van der Waals surface area contributed by atoms with Gasteiger partial charge in [-0.05, 0) is 18.5 Å². The van der Waals surface area contributed by atoms with E-state index in [0.29, 0.717) is 0 Å². The topological polar surface area (TPSA) is 9.23 Å². The van der Waals surface area contributed by atoms with Gasteiger partial charge in [0.15, 0.2) is 0 Å². The molecule has 0 spiro atoms. The van der Waals surface area contributed by atoms with E-state index in [4.69, 9.17) is 4.65 Å². The van der Waals surface area contributed by atoms with Crippen molar-refractivity contribution in [2.45, 2.75) is 6.32 Å². The average Bonchev–Trinajstić information content (AvgIpc) is 2.21. The molecular weight excluding hydrogens is 159 g/mol.